The molecule has 0 fully saturated rings. The summed E-state index contributed by atoms with van der Waals surface area (Å²) in [5.74, 6) is 0. The molecule has 0 bridgehead atoms. The molecule has 0 saturated carbocycles. The fraction of sp³-hybridized carbons (Fsp3) is 1.00. The predicted octanol–water partition coefficient (Wildman–Crippen LogP) is 8.26. The second-order valence-electron chi connectivity index (χ2n) is 6.05. The molecule has 23 heavy (non-hydrogen) atoms. The molecule has 0 aromatic heterocycles. The summed E-state index contributed by atoms with van der Waals surface area (Å²) in [5.41, 5.74) is 0. The Balaban J connectivity index is -0.000000297. The molecule has 0 N–H and O–H groups in total. The van der Waals surface area contributed by atoms with E-state index in [1.54, 1.807) is 31.3 Å². The Bertz CT molecular complexity index is 140. The first kappa shape index (κ1) is 30.1. The molecular weight excluding hydrogens is 632 g/mol. The fourth-order valence-electron chi connectivity index (χ4n) is 2.87. The molecule has 0 unspecified atom stereocenters. The summed E-state index contributed by atoms with van der Waals surface area (Å²) >= 11 is -1.44. The van der Waals surface area contributed by atoms with E-state index in [0.29, 0.717) is 0 Å². The summed E-state index contributed by atoms with van der Waals surface area (Å²) in [6, 6.07) is 0. The first-order chi connectivity index (χ1) is 11.1. The van der Waals surface area contributed by atoms with Crippen molar-refractivity contribution in [3.05, 3.63) is 0 Å². The van der Waals surface area contributed by atoms with Gasteiger partial charge in [0, 0.05) is 0 Å². The summed E-state index contributed by atoms with van der Waals surface area (Å²) in [6.07, 6.45) is 8.64. The second kappa shape index (κ2) is 29.2. The van der Waals surface area contributed by atoms with Crippen molar-refractivity contribution in [1.82, 2.24) is 0 Å². The second-order valence-corrected chi connectivity index (χ2v) is 21.9. The van der Waals surface area contributed by atoms with Gasteiger partial charge in [0.15, 0.2) is 0 Å². The Hall–Kier alpha value is 2.39. The molecule has 0 aromatic rings. The van der Waals surface area contributed by atoms with Gasteiger partial charge in [-0.1, -0.05) is 0 Å². The van der Waals surface area contributed by atoms with Crippen molar-refractivity contribution in [3.8, 4) is 0 Å². The summed E-state index contributed by atoms with van der Waals surface area (Å²) < 4.78 is 0. The third kappa shape index (κ3) is 29.4. The van der Waals surface area contributed by atoms with E-state index in [-0.39, 0.29) is 0 Å². The predicted molar refractivity (Wildman–Crippen MR) is 117 cm³/mol. The van der Waals surface area contributed by atoms with Crippen molar-refractivity contribution in [3.63, 3.8) is 0 Å². The van der Waals surface area contributed by atoms with Crippen molar-refractivity contribution in [2.24, 2.45) is 0 Å². The van der Waals surface area contributed by atoms with Gasteiger partial charge in [-0.3, -0.25) is 0 Å². The van der Waals surface area contributed by atoms with Crippen LogP contribution in [0.15, 0.2) is 0 Å². The van der Waals surface area contributed by atoms with Crippen molar-refractivity contribution in [1.29, 1.82) is 0 Å². The zero-order chi connectivity index (χ0) is 18.3. The van der Waals surface area contributed by atoms with Crippen LogP contribution in [0, 0.1) is 0 Å². The Labute approximate surface area is 174 Å². The van der Waals surface area contributed by atoms with Gasteiger partial charge in [-0.2, -0.15) is 0 Å². The maximum atomic E-state index is 4.88. The van der Waals surface area contributed by atoms with Crippen LogP contribution >= 0.6 is 18.8 Å². The van der Waals surface area contributed by atoms with Crippen LogP contribution in [0.25, 0.3) is 0 Å². The summed E-state index contributed by atoms with van der Waals surface area (Å²) in [6.45, 7) is 14.0. The molecule has 0 heterocycles. The van der Waals surface area contributed by atoms with Crippen LogP contribution in [0.5, 0.6) is 0 Å². The topological polar surface area (TPSA) is 0 Å². The maximum absolute atomic E-state index is 4.88. The molecule has 0 rings (SSSR count). The average Bonchev–Trinajstić information content (AvgIpc) is 2.50. The third-order valence-electron chi connectivity index (χ3n) is 3.62. The fourth-order valence-corrected chi connectivity index (χ4v) is 14.9. The molecule has 0 aliphatic rings. The Morgan fingerprint density at radius 3 is 0.696 bits per heavy atom. The number of hydrogen-bond acceptors (Lipinski definition) is 0. The van der Waals surface area contributed by atoms with Gasteiger partial charge >= 0.3 is 176 Å². The molecule has 0 atom stereocenters. The van der Waals surface area contributed by atoms with Crippen LogP contribution in [0.4, 0.5) is 0 Å². The van der Waals surface area contributed by atoms with Gasteiger partial charge in [0.25, 0.3) is 0 Å². The number of hydrogen-bond donors (Lipinski definition) is 0. The molecule has 0 aliphatic carbocycles. The standard InChI is InChI=1S/2C9H22As.2ClH.Pt/c2*1-4-7-10(8-5-2)9-6-3;;;/h2*10H,4-9H2,1-3H3;2*1H;/q;;;;+2/p-2. The minimum atomic E-state index is -0.486. The minimum absolute atomic E-state index is 0.472. The molecule has 0 aliphatic heterocycles. The van der Waals surface area contributed by atoms with E-state index in [0.717, 1.165) is 0 Å². The molecule has 5 heteroatoms. The van der Waals surface area contributed by atoms with Crippen molar-refractivity contribution in [2.45, 2.75) is 111 Å². The zero-order valence-corrected chi connectivity index (χ0v) is 24.5. The Morgan fingerprint density at radius 1 is 0.478 bits per heavy atom. The summed E-state index contributed by atoms with van der Waals surface area (Å²) in [4.78, 5) is 0. The Morgan fingerprint density at radius 2 is 0.609 bits per heavy atom. The molecule has 0 spiro atoms. The van der Waals surface area contributed by atoms with Gasteiger partial charge in [-0.05, 0) is 0 Å². The first-order valence-electron chi connectivity index (χ1n) is 9.60. The van der Waals surface area contributed by atoms with Crippen LogP contribution in [-0.2, 0) is 16.5 Å². The number of halogens is 2. The summed E-state index contributed by atoms with van der Waals surface area (Å²) in [5, 5.41) is 9.68. The normalized spacial score (nSPS) is 10.3. The average molecular weight is 676 g/mol. The van der Waals surface area contributed by atoms with Crippen LogP contribution in [-0.4, -0.2) is 29.3 Å². The van der Waals surface area contributed by atoms with E-state index >= 15 is 0 Å². The van der Waals surface area contributed by atoms with Crippen LogP contribution in [0.1, 0.15) is 80.1 Å². The third-order valence-corrected chi connectivity index (χ3v) is 18.8. The van der Waals surface area contributed by atoms with E-state index in [2.05, 4.69) is 41.5 Å². The van der Waals surface area contributed by atoms with Gasteiger partial charge in [0.1, 0.15) is 0 Å². The van der Waals surface area contributed by atoms with Crippen LogP contribution in [0.2, 0.25) is 31.3 Å². The van der Waals surface area contributed by atoms with Crippen LogP contribution < -0.4 is 0 Å². The van der Waals surface area contributed by atoms with Crippen molar-refractivity contribution >= 4 is 48.1 Å². The zero-order valence-electron chi connectivity index (χ0n) is 16.6. The van der Waals surface area contributed by atoms with Gasteiger partial charge in [-0.15, -0.1) is 0 Å². The van der Waals surface area contributed by atoms with Gasteiger partial charge in [0.2, 0.25) is 0 Å². The molecule has 0 amide bonds. The van der Waals surface area contributed by atoms with Gasteiger partial charge in [-0.25, -0.2) is 0 Å². The van der Waals surface area contributed by atoms with Gasteiger partial charge in [0.05, 0.1) is 0 Å². The Kier molecular flexibility index (Phi) is 38.2. The molecular formula is C18H44As2Cl2Pt. The number of rotatable bonds is 12. The van der Waals surface area contributed by atoms with E-state index in [9.17, 15) is 0 Å². The quantitative estimate of drug-likeness (QED) is 0.183. The monoisotopic (exact) mass is 675 g/mol. The van der Waals surface area contributed by atoms with Crippen molar-refractivity contribution < 1.29 is 16.5 Å². The summed E-state index contributed by atoms with van der Waals surface area (Å²) in [7, 11) is 9.75. The van der Waals surface area contributed by atoms with Crippen molar-refractivity contribution in [2.75, 3.05) is 0 Å². The molecule has 2 radical (unpaired) electrons. The van der Waals surface area contributed by atoms with E-state index in [1.165, 1.54) is 38.5 Å². The van der Waals surface area contributed by atoms with Gasteiger partial charge < -0.3 is 0 Å². The first-order valence-corrected chi connectivity index (χ1v) is 24.1. The van der Waals surface area contributed by atoms with E-state index in [4.69, 9.17) is 18.8 Å². The van der Waals surface area contributed by atoms with E-state index in [1.807, 2.05) is 0 Å². The molecule has 0 nitrogen and oxygen atoms in total. The van der Waals surface area contributed by atoms with E-state index < -0.39 is 45.8 Å². The molecule has 0 aromatic carbocycles. The molecule has 150 valence electrons. The SMILES string of the molecule is CCC[AsH](CCC)CCC.CCC[AsH](CCC)CCC.[Cl][Pt][Cl]. The van der Waals surface area contributed by atoms with Crippen LogP contribution in [0.3, 0.4) is 0 Å². The molecule has 0 saturated heterocycles.